The fourth-order valence-corrected chi connectivity index (χ4v) is 5.81. The molecular weight excluding hydrogens is 414 g/mol. The van der Waals surface area contributed by atoms with E-state index in [0.29, 0.717) is 39.1 Å². The van der Waals surface area contributed by atoms with Gasteiger partial charge in [-0.25, -0.2) is 17.9 Å². The molecule has 2 heterocycles. The average Bonchev–Trinajstić information content (AvgIpc) is 3.21. The molecule has 2 aromatic rings. The summed E-state index contributed by atoms with van der Waals surface area (Å²) >= 11 is 0. The van der Waals surface area contributed by atoms with Gasteiger partial charge in [-0.15, -0.1) is 0 Å². The minimum Gasteiger partial charge on any atom is -0.381 e. The zero-order valence-electron chi connectivity index (χ0n) is 17.7. The lowest BCUT2D eigenvalue weighted by atomic mass is 9.78. The number of carbonyl (C=O) groups excluding carboxylic acids is 1. The van der Waals surface area contributed by atoms with Crippen LogP contribution in [0.15, 0.2) is 59.5 Å². The van der Waals surface area contributed by atoms with E-state index in [9.17, 15) is 13.2 Å². The third-order valence-electron chi connectivity index (χ3n) is 6.32. The minimum atomic E-state index is -3.64. The van der Waals surface area contributed by atoms with Gasteiger partial charge in [-0.3, -0.25) is 0 Å². The van der Waals surface area contributed by atoms with E-state index in [-0.39, 0.29) is 17.0 Å². The van der Waals surface area contributed by atoms with Crippen molar-refractivity contribution >= 4 is 21.7 Å². The Morgan fingerprint density at radius 3 is 2.61 bits per heavy atom. The normalized spacial score (nSPS) is 23.8. The van der Waals surface area contributed by atoms with E-state index >= 15 is 0 Å². The summed E-state index contributed by atoms with van der Waals surface area (Å²) < 4.78 is 34.4. The minimum absolute atomic E-state index is 0.170. The number of sulfonamides is 1. The quantitative estimate of drug-likeness (QED) is 0.743. The van der Waals surface area contributed by atoms with Crippen LogP contribution in [-0.2, 0) is 21.2 Å². The van der Waals surface area contributed by atoms with Crippen LogP contribution >= 0.6 is 0 Å². The van der Waals surface area contributed by atoms with Crippen LogP contribution in [-0.4, -0.2) is 51.7 Å². The Morgan fingerprint density at radius 1 is 1.16 bits per heavy atom. The van der Waals surface area contributed by atoms with E-state index in [2.05, 4.69) is 17.0 Å². The van der Waals surface area contributed by atoms with Gasteiger partial charge in [0.15, 0.2) is 0 Å². The highest BCUT2D eigenvalue weighted by Gasteiger charge is 2.49. The van der Waals surface area contributed by atoms with Gasteiger partial charge < -0.3 is 15.0 Å². The maximum Gasteiger partial charge on any atom is 0.321 e. The Kier molecular flexibility index (Phi) is 6.31. The molecule has 0 saturated carbocycles. The first kappa shape index (κ1) is 21.8. The summed E-state index contributed by atoms with van der Waals surface area (Å²) in [5.41, 5.74) is 1.54. The number of anilines is 1. The fraction of sp³-hybridized carbons (Fsp3) is 0.435. The number of rotatable bonds is 5. The van der Waals surface area contributed by atoms with Crippen molar-refractivity contribution in [3.8, 4) is 0 Å². The summed E-state index contributed by atoms with van der Waals surface area (Å²) in [4.78, 5) is 14.8. The Morgan fingerprint density at radius 2 is 1.90 bits per heavy atom. The highest BCUT2D eigenvalue weighted by atomic mass is 32.2. The Hall–Kier alpha value is -2.42. The van der Waals surface area contributed by atoms with Crippen molar-refractivity contribution in [2.24, 2.45) is 5.41 Å². The van der Waals surface area contributed by atoms with E-state index in [1.807, 2.05) is 24.3 Å². The van der Waals surface area contributed by atoms with Crippen LogP contribution in [0, 0.1) is 5.41 Å². The van der Waals surface area contributed by atoms with Crippen LogP contribution in [0.2, 0.25) is 0 Å². The third-order valence-corrected chi connectivity index (χ3v) is 7.80. The summed E-state index contributed by atoms with van der Waals surface area (Å²) in [6.07, 6.45) is 2.22. The SMILES string of the molecule is CCc1ccc(NC(=O)N2CC[C@]3(COCC[C@H]3NS(=O)(=O)c3ccccc3)C2)cc1. The zero-order valence-corrected chi connectivity index (χ0v) is 18.5. The van der Waals surface area contributed by atoms with Crippen LogP contribution < -0.4 is 10.0 Å². The largest absolute Gasteiger partial charge is 0.381 e. The van der Waals surface area contributed by atoms with Crippen molar-refractivity contribution in [1.29, 1.82) is 0 Å². The number of aryl methyl sites for hydroxylation is 1. The molecule has 0 unspecified atom stereocenters. The van der Waals surface area contributed by atoms with Gasteiger partial charge in [0.05, 0.1) is 11.5 Å². The predicted molar refractivity (Wildman–Crippen MR) is 119 cm³/mol. The molecule has 2 aliphatic heterocycles. The zero-order chi connectivity index (χ0) is 21.9. The molecule has 7 nitrogen and oxygen atoms in total. The molecule has 2 amide bonds. The molecule has 2 atom stereocenters. The van der Waals surface area contributed by atoms with Crippen LogP contribution in [0.25, 0.3) is 0 Å². The van der Waals surface area contributed by atoms with Crippen molar-refractivity contribution in [3.63, 3.8) is 0 Å². The molecule has 2 aliphatic rings. The Labute approximate surface area is 183 Å². The third kappa shape index (κ3) is 4.76. The Balaban J connectivity index is 1.45. The molecule has 1 spiro atoms. The van der Waals surface area contributed by atoms with Crippen molar-refractivity contribution in [2.45, 2.75) is 37.1 Å². The van der Waals surface area contributed by atoms with Gasteiger partial charge in [-0.1, -0.05) is 37.3 Å². The van der Waals surface area contributed by atoms with Gasteiger partial charge in [-0.05, 0) is 49.1 Å². The standard InChI is InChI=1S/C23H29N3O4S/c1-2-18-8-10-19(11-9-18)24-22(27)26-14-13-23(16-26)17-30-15-12-21(23)25-31(28,29)20-6-4-3-5-7-20/h3-11,21,25H,2,12-17H2,1H3,(H,24,27)/t21-,23-/m1/s1. The highest BCUT2D eigenvalue weighted by Crippen LogP contribution is 2.39. The average molecular weight is 444 g/mol. The number of likely N-dealkylation sites (tertiary alicyclic amines) is 1. The number of nitrogens with zero attached hydrogens (tertiary/aromatic N) is 1. The molecule has 0 bridgehead atoms. The number of urea groups is 1. The summed E-state index contributed by atoms with van der Waals surface area (Å²) in [7, 11) is -3.64. The summed E-state index contributed by atoms with van der Waals surface area (Å²) in [5, 5.41) is 2.95. The summed E-state index contributed by atoms with van der Waals surface area (Å²) in [6.45, 7) is 4.04. The second-order valence-corrected chi connectivity index (χ2v) is 10.1. The predicted octanol–water partition coefficient (Wildman–Crippen LogP) is 3.24. The Bertz CT molecular complexity index is 1010. The van der Waals surface area contributed by atoms with Crippen molar-refractivity contribution < 1.29 is 17.9 Å². The van der Waals surface area contributed by atoms with Crippen molar-refractivity contribution in [1.82, 2.24) is 9.62 Å². The summed E-state index contributed by atoms with van der Waals surface area (Å²) in [5.74, 6) is 0. The number of carbonyl (C=O) groups is 1. The molecule has 0 aliphatic carbocycles. The lowest BCUT2D eigenvalue weighted by molar-refractivity contribution is -0.0196. The molecule has 2 saturated heterocycles. The number of nitrogens with one attached hydrogen (secondary N) is 2. The number of ether oxygens (including phenoxy) is 1. The van der Waals surface area contributed by atoms with E-state index in [4.69, 9.17) is 4.74 Å². The van der Waals surface area contributed by atoms with Crippen LogP contribution in [0.5, 0.6) is 0 Å². The highest BCUT2D eigenvalue weighted by molar-refractivity contribution is 7.89. The van der Waals surface area contributed by atoms with Crippen LogP contribution in [0.4, 0.5) is 10.5 Å². The lowest BCUT2D eigenvalue weighted by Crippen LogP contribution is -2.55. The topological polar surface area (TPSA) is 87.7 Å². The van der Waals surface area contributed by atoms with Crippen molar-refractivity contribution in [3.05, 3.63) is 60.2 Å². The van der Waals surface area contributed by atoms with Gasteiger partial charge in [-0.2, -0.15) is 0 Å². The molecule has 8 heteroatoms. The van der Waals surface area contributed by atoms with E-state index in [1.54, 1.807) is 35.2 Å². The van der Waals surface area contributed by atoms with E-state index < -0.39 is 15.4 Å². The first-order chi connectivity index (χ1) is 14.9. The molecule has 166 valence electrons. The van der Waals surface area contributed by atoms with Gasteiger partial charge in [0.25, 0.3) is 0 Å². The smallest absolute Gasteiger partial charge is 0.321 e. The molecular formula is C23H29N3O4S. The van der Waals surface area contributed by atoms with Crippen molar-refractivity contribution in [2.75, 3.05) is 31.6 Å². The van der Waals surface area contributed by atoms with Crippen LogP contribution in [0.1, 0.15) is 25.3 Å². The maximum absolute atomic E-state index is 12.9. The number of amides is 2. The molecule has 31 heavy (non-hydrogen) atoms. The number of benzene rings is 2. The first-order valence-corrected chi connectivity index (χ1v) is 12.2. The lowest BCUT2D eigenvalue weighted by Gasteiger charge is -2.41. The van der Waals surface area contributed by atoms with Gasteiger partial charge in [0.1, 0.15) is 0 Å². The monoisotopic (exact) mass is 443 g/mol. The van der Waals surface area contributed by atoms with Gasteiger partial charge >= 0.3 is 6.03 Å². The van der Waals surface area contributed by atoms with E-state index in [0.717, 1.165) is 12.1 Å². The summed E-state index contributed by atoms with van der Waals surface area (Å²) in [6, 6.07) is 15.8. The molecule has 4 rings (SSSR count). The second-order valence-electron chi connectivity index (χ2n) is 8.34. The number of hydrogen-bond donors (Lipinski definition) is 2. The van der Waals surface area contributed by atoms with Crippen LogP contribution in [0.3, 0.4) is 0 Å². The number of hydrogen-bond acceptors (Lipinski definition) is 4. The fourth-order valence-electron chi connectivity index (χ4n) is 4.42. The first-order valence-electron chi connectivity index (χ1n) is 10.7. The van der Waals surface area contributed by atoms with E-state index in [1.165, 1.54) is 5.56 Å². The molecule has 2 fully saturated rings. The second kappa shape index (κ2) is 8.98. The maximum atomic E-state index is 12.9. The van der Waals surface area contributed by atoms with Gasteiger partial charge in [0, 0.05) is 36.8 Å². The molecule has 0 aromatic heterocycles. The molecule has 2 aromatic carbocycles. The van der Waals surface area contributed by atoms with Gasteiger partial charge in [0.2, 0.25) is 10.0 Å². The molecule has 2 N–H and O–H groups in total. The molecule has 0 radical (unpaired) electrons.